The maximum absolute atomic E-state index is 13.3. The van der Waals surface area contributed by atoms with Gasteiger partial charge in [-0.2, -0.15) is 0 Å². The van der Waals surface area contributed by atoms with Crippen LogP contribution in [-0.2, 0) is 0 Å². The number of nitrogens with two attached hydrogens (primary N) is 1. The molecular formula is C13H18FN3. The number of hydrogen-bond donors (Lipinski definition) is 1. The van der Waals surface area contributed by atoms with Crippen LogP contribution in [0.1, 0.15) is 12.8 Å². The fourth-order valence-corrected chi connectivity index (χ4v) is 3.00. The Balaban J connectivity index is 1.82. The molecule has 4 heteroatoms. The van der Waals surface area contributed by atoms with Gasteiger partial charge in [0.05, 0.1) is 11.4 Å². The van der Waals surface area contributed by atoms with Crippen LogP contribution in [0.25, 0.3) is 0 Å². The third-order valence-corrected chi connectivity index (χ3v) is 3.92. The standard InChI is InChI=1S/C13H18FN3/c14-10-3-4-12(15)13(8-10)17-7-6-16-5-1-2-11(16)9-17/h3-4,8,11H,1-2,5-7,9,15H2. The minimum atomic E-state index is -0.206. The first kappa shape index (κ1) is 10.8. The van der Waals surface area contributed by atoms with Crippen LogP contribution in [0.2, 0.25) is 0 Å². The van der Waals surface area contributed by atoms with Gasteiger partial charge in [-0.15, -0.1) is 0 Å². The lowest BCUT2D eigenvalue weighted by Gasteiger charge is -2.39. The zero-order chi connectivity index (χ0) is 11.8. The topological polar surface area (TPSA) is 32.5 Å². The first-order valence-electron chi connectivity index (χ1n) is 6.28. The number of nitrogen functional groups attached to an aromatic ring is 1. The molecule has 17 heavy (non-hydrogen) atoms. The van der Waals surface area contributed by atoms with Gasteiger partial charge in [-0.1, -0.05) is 0 Å². The van der Waals surface area contributed by atoms with Crippen molar-refractivity contribution in [2.24, 2.45) is 0 Å². The predicted octanol–water partition coefficient (Wildman–Crippen LogP) is 1.69. The van der Waals surface area contributed by atoms with E-state index in [0.717, 1.165) is 25.3 Å². The SMILES string of the molecule is Nc1ccc(F)cc1N1CCN2CCCC2C1. The first-order valence-corrected chi connectivity index (χ1v) is 6.28. The van der Waals surface area contributed by atoms with Gasteiger partial charge in [-0.3, -0.25) is 4.90 Å². The maximum Gasteiger partial charge on any atom is 0.125 e. The molecule has 3 nitrogen and oxygen atoms in total. The molecule has 1 atom stereocenters. The summed E-state index contributed by atoms with van der Waals surface area (Å²) in [4.78, 5) is 4.76. The van der Waals surface area contributed by atoms with Crippen molar-refractivity contribution in [3.63, 3.8) is 0 Å². The fraction of sp³-hybridized carbons (Fsp3) is 0.538. The van der Waals surface area contributed by atoms with Crippen LogP contribution in [0.5, 0.6) is 0 Å². The fourth-order valence-electron chi connectivity index (χ4n) is 3.00. The van der Waals surface area contributed by atoms with Crippen molar-refractivity contribution in [1.82, 2.24) is 4.90 Å². The molecule has 2 aliphatic rings. The molecule has 2 heterocycles. The van der Waals surface area contributed by atoms with Crippen molar-refractivity contribution in [2.45, 2.75) is 18.9 Å². The molecule has 0 radical (unpaired) electrons. The normalized spacial score (nSPS) is 25.0. The second-order valence-electron chi connectivity index (χ2n) is 4.98. The van der Waals surface area contributed by atoms with Gasteiger partial charge in [0.2, 0.25) is 0 Å². The number of nitrogens with zero attached hydrogens (tertiary/aromatic N) is 2. The van der Waals surface area contributed by atoms with Crippen molar-refractivity contribution in [2.75, 3.05) is 36.8 Å². The van der Waals surface area contributed by atoms with E-state index in [1.165, 1.54) is 25.5 Å². The third kappa shape index (κ3) is 1.97. The summed E-state index contributed by atoms with van der Waals surface area (Å²) >= 11 is 0. The molecule has 2 fully saturated rings. The van der Waals surface area contributed by atoms with Crippen LogP contribution in [-0.4, -0.2) is 37.1 Å². The number of halogens is 1. The monoisotopic (exact) mass is 235 g/mol. The highest BCUT2D eigenvalue weighted by molar-refractivity contribution is 5.67. The average molecular weight is 235 g/mol. The van der Waals surface area contributed by atoms with Crippen LogP contribution in [0.15, 0.2) is 18.2 Å². The Morgan fingerprint density at radius 1 is 1.24 bits per heavy atom. The van der Waals surface area contributed by atoms with E-state index in [9.17, 15) is 4.39 Å². The number of fused-ring (bicyclic) bond motifs is 1. The zero-order valence-corrected chi connectivity index (χ0v) is 9.90. The van der Waals surface area contributed by atoms with Gasteiger partial charge in [0, 0.05) is 25.7 Å². The van der Waals surface area contributed by atoms with E-state index in [-0.39, 0.29) is 5.82 Å². The summed E-state index contributed by atoms with van der Waals surface area (Å²) in [6, 6.07) is 5.27. The number of hydrogen-bond acceptors (Lipinski definition) is 3. The second kappa shape index (κ2) is 4.18. The molecule has 0 saturated carbocycles. The average Bonchev–Trinajstić information content (AvgIpc) is 2.79. The second-order valence-corrected chi connectivity index (χ2v) is 4.98. The smallest absolute Gasteiger partial charge is 0.125 e. The van der Waals surface area contributed by atoms with E-state index in [4.69, 9.17) is 5.73 Å². The molecule has 2 N–H and O–H groups in total. The van der Waals surface area contributed by atoms with Crippen molar-refractivity contribution in [3.05, 3.63) is 24.0 Å². The quantitative estimate of drug-likeness (QED) is 0.752. The number of piperazine rings is 1. The molecule has 0 aromatic heterocycles. The van der Waals surface area contributed by atoms with Crippen LogP contribution in [0.4, 0.5) is 15.8 Å². The molecule has 1 unspecified atom stereocenters. The van der Waals surface area contributed by atoms with Crippen molar-refractivity contribution in [3.8, 4) is 0 Å². The summed E-state index contributed by atoms with van der Waals surface area (Å²) in [5.41, 5.74) is 7.47. The van der Waals surface area contributed by atoms with Crippen LogP contribution in [0, 0.1) is 5.82 Å². The summed E-state index contributed by atoms with van der Waals surface area (Å²) in [5, 5.41) is 0. The molecule has 92 valence electrons. The Morgan fingerprint density at radius 3 is 3.00 bits per heavy atom. The number of rotatable bonds is 1. The summed E-state index contributed by atoms with van der Waals surface area (Å²) in [6.45, 7) is 4.22. The predicted molar refractivity (Wildman–Crippen MR) is 67.6 cm³/mol. The highest BCUT2D eigenvalue weighted by atomic mass is 19.1. The van der Waals surface area contributed by atoms with E-state index in [2.05, 4.69) is 9.80 Å². The highest BCUT2D eigenvalue weighted by Gasteiger charge is 2.31. The van der Waals surface area contributed by atoms with Gasteiger partial charge in [-0.25, -0.2) is 4.39 Å². The van der Waals surface area contributed by atoms with Crippen LogP contribution in [0.3, 0.4) is 0 Å². The van der Waals surface area contributed by atoms with Gasteiger partial charge >= 0.3 is 0 Å². The van der Waals surface area contributed by atoms with Crippen molar-refractivity contribution < 1.29 is 4.39 Å². The van der Waals surface area contributed by atoms with E-state index < -0.39 is 0 Å². The number of anilines is 2. The zero-order valence-electron chi connectivity index (χ0n) is 9.90. The Morgan fingerprint density at radius 2 is 2.12 bits per heavy atom. The summed E-state index contributed by atoms with van der Waals surface area (Å²) in [6.07, 6.45) is 2.54. The van der Waals surface area contributed by atoms with Crippen LogP contribution >= 0.6 is 0 Å². The Bertz CT molecular complexity index is 421. The van der Waals surface area contributed by atoms with Crippen LogP contribution < -0.4 is 10.6 Å². The molecule has 2 aliphatic heterocycles. The molecule has 0 aliphatic carbocycles. The van der Waals surface area contributed by atoms with Gasteiger partial charge in [-0.05, 0) is 37.6 Å². The maximum atomic E-state index is 13.3. The van der Waals surface area contributed by atoms with E-state index in [1.54, 1.807) is 12.1 Å². The minimum Gasteiger partial charge on any atom is -0.397 e. The summed E-state index contributed by atoms with van der Waals surface area (Å²) < 4.78 is 13.3. The number of benzene rings is 1. The molecule has 2 saturated heterocycles. The Hall–Kier alpha value is -1.29. The molecule has 0 spiro atoms. The van der Waals surface area contributed by atoms with E-state index in [0.29, 0.717) is 11.7 Å². The molecule has 0 bridgehead atoms. The molecular weight excluding hydrogens is 217 g/mol. The highest BCUT2D eigenvalue weighted by Crippen LogP contribution is 2.29. The lowest BCUT2D eigenvalue weighted by atomic mass is 10.1. The molecule has 1 aromatic carbocycles. The lowest BCUT2D eigenvalue weighted by Crippen LogP contribution is -2.50. The molecule has 3 rings (SSSR count). The molecule has 1 aromatic rings. The van der Waals surface area contributed by atoms with Gasteiger partial charge in [0.25, 0.3) is 0 Å². The van der Waals surface area contributed by atoms with E-state index in [1.807, 2.05) is 0 Å². The first-order chi connectivity index (χ1) is 8.24. The molecule has 0 amide bonds. The van der Waals surface area contributed by atoms with Crippen molar-refractivity contribution >= 4 is 11.4 Å². The largest absolute Gasteiger partial charge is 0.397 e. The van der Waals surface area contributed by atoms with E-state index >= 15 is 0 Å². The van der Waals surface area contributed by atoms with Gasteiger partial charge in [0.1, 0.15) is 5.82 Å². The summed E-state index contributed by atoms with van der Waals surface area (Å²) in [7, 11) is 0. The van der Waals surface area contributed by atoms with Crippen molar-refractivity contribution in [1.29, 1.82) is 0 Å². The summed E-state index contributed by atoms with van der Waals surface area (Å²) in [5.74, 6) is -0.206. The Labute approximate surface area is 101 Å². The lowest BCUT2D eigenvalue weighted by molar-refractivity contribution is 0.231. The third-order valence-electron chi connectivity index (χ3n) is 3.92. The van der Waals surface area contributed by atoms with Gasteiger partial charge in [0.15, 0.2) is 0 Å². The van der Waals surface area contributed by atoms with Gasteiger partial charge < -0.3 is 10.6 Å². The Kier molecular flexibility index (Phi) is 2.67. The minimum absolute atomic E-state index is 0.206.